The molecule has 0 aromatic carbocycles. The van der Waals surface area contributed by atoms with E-state index >= 15 is 0 Å². The first-order chi connectivity index (χ1) is 6.55. The zero-order valence-corrected chi connectivity index (χ0v) is 10.3. The SMILES string of the molecule is CSC(C)(C)CNCc1cccn1C. The number of hydrogen-bond acceptors (Lipinski definition) is 2. The van der Waals surface area contributed by atoms with E-state index in [-0.39, 0.29) is 0 Å². The summed E-state index contributed by atoms with van der Waals surface area (Å²) in [5, 5.41) is 3.48. The number of hydrogen-bond donors (Lipinski definition) is 1. The first kappa shape index (κ1) is 11.7. The van der Waals surface area contributed by atoms with Crippen molar-refractivity contribution in [1.29, 1.82) is 0 Å². The lowest BCUT2D eigenvalue weighted by Gasteiger charge is -2.22. The molecule has 0 aliphatic heterocycles. The highest BCUT2D eigenvalue weighted by atomic mass is 32.2. The maximum Gasteiger partial charge on any atom is 0.0359 e. The second kappa shape index (κ2) is 4.89. The molecule has 0 spiro atoms. The third kappa shape index (κ3) is 3.39. The van der Waals surface area contributed by atoms with E-state index in [1.807, 2.05) is 11.8 Å². The highest BCUT2D eigenvalue weighted by Crippen LogP contribution is 2.19. The third-order valence-electron chi connectivity index (χ3n) is 2.46. The maximum atomic E-state index is 3.48. The van der Waals surface area contributed by atoms with E-state index in [9.17, 15) is 0 Å². The number of rotatable bonds is 5. The number of nitrogens with zero attached hydrogens (tertiary/aromatic N) is 1. The molecule has 0 aliphatic rings. The summed E-state index contributed by atoms with van der Waals surface area (Å²) >= 11 is 1.90. The van der Waals surface area contributed by atoms with Gasteiger partial charge < -0.3 is 9.88 Å². The topological polar surface area (TPSA) is 17.0 Å². The number of nitrogens with one attached hydrogen (secondary N) is 1. The summed E-state index contributed by atoms with van der Waals surface area (Å²) in [7, 11) is 2.08. The summed E-state index contributed by atoms with van der Waals surface area (Å²) in [6, 6.07) is 4.23. The van der Waals surface area contributed by atoms with Crippen molar-refractivity contribution in [2.45, 2.75) is 25.1 Å². The van der Waals surface area contributed by atoms with Crippen LogP contribution in [0.3, 0.4) is 0 Å². The lowest BCUT2D eigenvalue weighted by Crippen LogP contribution is -2.31. The van der Waals surface area contributed by atoms with Gasteiger partial charge in [-0.05, 0) is 32.2 Å². The molecule has 1 aromatic rings. The quantitative estimate of drug-likeness (QED) is 0.806. The van der Waals surface area contributed by atoms with Crippen molar-refractivity contribution in [2.75, 3.05) is 12.8 Å². The summed E-state index contributed by atoms with van der Waals surface area (Å²) in [5.74, 6) is 0. The van der Waals surface area contributed by atoms with Gasteiger partial charge in [-0.2, -0.15) is 11.8 Å². The third-order valence-corrected chi connectivity index (χ3v) is 3.71. The molecule has 0 amide bonds. The summed E-state index contributed by atoms with van der Waals surface area (Å²) in [5.41, 5.74) is 1.34. The van der Waals surface area contributed by atoms with Crippen LogP contribution in [0, 0.1) is 0 Å². The molecule has 1 heterocycles. The van der Waals surface area contributed by atoms with Gasteiger partial charge in [0.25, 0.3) is 0 Å². The predicted molar refractivity (Wildman–Crippen MR) is 64.7 cm³/mol. The molecule has 1 rings (SSSR count). The Bertz CT molecular complexity index is 279. The van der Waals surface area contributed by atoms with Crippen LogP contribution in [0.25, 0.3) is 0 Å². The van der Waals surface area contributed by atoms with Crippen LogP contribution in [0.2, 0.25) is 0 Å². The van der Waals surface area contributed by atoms with Crippen molar-refractivity contribution in [3.8, 4) is 0 Å². The van der Waals surface area contributed by atoms with Crippen molar-refractivity contribution in [3.63, 3.8) is 0 Å². The van der Waals surface area contributed by atoms with Crippen LogP contribution < -0.4 is 5.32 Å². The Kier molecular flexibility index (Phi) is 4.08. The van der Waals surface area contributed by atoms with Crippen LogP contribution in [0.4, 0.5) is 0 Å². The van der Waals surface area contributed by atoms with Crippen LogP contribution >= 0.6 is 11.8 Å². The van der Waals surface area contributed by atoms with Gasteiger partial charge in [0.2, 0.25) is 0 Å². The first-order valence-corrected chi connectivity index (χ1v) is 6.14. The molecule has 0 fully saturated rings. The molecule has 0 saturated carbocycles. The van der Waals surface area contributed by atoms with Crippen LogP contribution in [-0.2, 0) is 13.6 Å². The molecule has 1 aromatic heterocycles. The first-order valence-electron chi connectivity index (χ1n) is 4.91. The van der Waals surface area contributed by atoms with Crippen LogP contribution in [0.5, 0.6) is 0 Å². The highest BCUT2D eigenvalue weighted by Gasteiger charge is 2.14. The summed E-state index contributed by atoms with van der Waals surface area (Å²) < 4.78 is 2.48. The van der Waals surface area contributed by atoms with E-state index in [2.05, 4.69) is 55.4 Å². The smallest absolute Gasteiger partial charge is 0.0359 e. The second-order valence-electron chi connectivity index (χ2n) is 4.18. The Morgan fingerprint density at radius 3 is 2.71 bits per heavy atom. The van der Waals surface area contributed by atoms with Gasteiger partial charge in [-0.1, -0.05) is 0 Å². The Labute approximate surface area is 91.1 Å². The lowest BCUT2D eigenvalue weighted by molar-refractivity contribution is 0.577. The number of thioether (sulfide) groups is 1. The standard InChI is InChI=1S/C11H20N2S/c1-11(2,14-4)9-12-8-10-6-5-7-13(10)3/h5-7,12H,8-9H2,1-4H3. The second-order valence-corrected chi connectivity index (χ2v) is 5.69. The van der Waals surface area contributed by atoms with Gasteiger partial charge in [0.05, 0.1) is 0 Å². The van der Waals surface area contributed by atoms with E-state index in [4.69, 9.17) is 0 Å². The van der Waals surface area contributed by atoms with Crippen molar-refractivity contribution in [1.82, 2.24) is 9.88 Å². The fourth-order valence-corrected chi connectivity index (χ4v) is 1.49. The number of aromatic nitrogens is 1. The largest absolute Gasteiger partial charge is 0.353 e. The Morgan fingerprint density at radius 2 is 2.21 bits per heavy atom. The Hall–Kier alpha value is -0.410. The molecule has 0 atom stereocenters. The molecule has 0 saturated heterocycles. The van der Waals surface area contributed by atoms with E-state index in [1.165, 1.54) is 5.69 Å². The van der Waals surface area contributed by atoms with Gasteiger partial charge in [0.15, 0.2) is 0 Å². The molecule has 80 valence electrons. The minimum atomic E-state index is 0.325. The predicted octanol–water partition coefficient (Wildman–Crippen LogP) is 2.26. The summed E-state index contributed by atoms with van der Waals surface area (Å²) in [6.45, 7) is 6.51. The van der Waals surface area contributed by atoms with Gasteiger partial charge in [-0.25, -0.2) is 0 Å². The average molecular weight is 212 g/mol. The molecular formula is C11H20N2S. The zero-order valence-electron chi connectivity index (χ0n) is 9.50. The summed E-state index contributed by atoms with van der Waals surface area (Å²) in [4.78, 5) is 0. The molecular weight excluding hydrogens is 192 g/mol. The fraction of sp³-hybridized carbons (Fsp3) is 0.636. The van der Waals surface area contributed by atoms with Crippen LogP contribution in [-0.4, -0.2) is 22.1 Å². The van der Waals surface area contributed by atoms with E-state index in [0.29, 0.717) is 4.75 Å². The minimum absolute atomic E-state index is 0.325. The Balaban J connectivity index is 2.32. The van der Waals surface area contributed by atoms with Gasteiger partial charge in [-0.3, -0.25) is 0 Å². The van der Waals surface area contributed by atoms with Gasteiger partial charge in [0.1, 0.15) is 0 Å². The monoisotopic (exact) mass is 212 g/mol. The lowest BCUT2D eigenvalue weighted by atomic mass is 10.2. The van der Waals surface area contributed by atoms with E-state index < -0.39 is 0 Å². The highest BCUT2D eigenvalue weighted by molar-refractivity contribution is 7.99. The minimum Gasteiger partial charge on any atom is -0.353 e. The average Bonchev–Trinajstić information content (AvgIpc) is 2.52. The molecule has 3 heteroatoms. The molecule has 0 radical (unpaired) electrons. The van der Waals surface area contributed by atoms with Gasteiger partial charge in [0, 0.05) is 36.8 Å². The van der Waals surface area contributed by atoms with Crippen LogP contribution in [0.1, 0.15) is 19.5 Å². The molecule has 14 heavy (non-hydrogen) atoms. The van der Waals surface area contributed by atoms with Crippen LogP contribution in [0.15, 0.2) is 18.3 Å². The molecule has 2 nitrogen and oxygen atoms in total. The normalized spacial score (nSPS) is 12.0. The van der Waals surface area contributed by atoms with E-state index in [1.54, 1.807) is 0 Å². The summed E-state index contributed by atoms with van der Waals surface area (Å²) in [6.07, 6.45) is 4.24. The van der Waals surface area contributed by atoms with Gasteiger partial charge in [-0.15, -0.1) is 0 Å². The maximum absolute atomic E-state index is 3.48. The van der Waals surface area contributed by atoms with E-state index in [0.717, 1.165) is 13.1 Å². The fourth-order valence-electron chi connectivity index (χ4n) is 1.24. The Morgan fingerprint density at radius 1 is 1.50 bits per heavy atom. The molecule has 0 aliphatic carbocycles. The molecule has 0 bridgehead atoms. The number of aryl methyl sites for hydroxylation is 1. The van der Waals surface area contributed by atoms with Crippen molar-refractivity contribution < 1.29 is 0 Å². The molecule has 1 N–H and O–H groups in total. The van der Waals surface area contributed by atoms with Crippen molar-refractivity contribution in [3.05, 3.63) is 24.0 Å². The van der Waals surface area contributed by atoms with Gasteiger partial charge >= 0.3 is 0 Å². The van der Waals surface area contributed by atoms with Crippen molar-refractivity contribution in [2.24, 2.45) is 7.05 Å². The molecule has 0 unspecified atom stereocenters. The zero-order chi connectivity index (χ0) is 10.6. The van der Waals surface area contributed by atoms with Crippen molar-refractivity contribution >= 4 is 11.8 Å².